The minimum absolute atomic E-state index is 0.401. The first-order valence-electron chi connectivity index (χ1n) is 9.36. The molecule has 0 atom stereocenters. The largest absolute Gasteiger partial charge is 0.495 e. The second kappa shape index (κ2) is 9.18. The molecule has 2 rings (SSSR count). The van der Waals surface area contributed by atoms with Gasteiger partial charge in [0.25, 0.3) is 11.9 Å². The highest BCUT2D eigenvalue weighted by Crippen LogP contribution is 2.23. The van der Waals surface area contributed by atoms with Crippen molar-refractivity contribution in [3.63, 3.8) is 0 Å². The van der Waals surface area contributed by atoms with Gasteiger partial charge < -0.3 is 17.1 Å². The fraction of sp³-hybridized carbons (Fsp3) is 0.300. The minimum Gasteiger partial charge on any atom is -0.495 e. The quantitative estimate of drug-likeness (QED) is 0.578. The molecule has 0 aliphatic carbocycles. The molecule has 0 heterocycles. The molecule has 2 aromatic rings. The Balaban J connectivity index is 2.68. The van der Waals surface area contributed by atoms with Gasteiger partial charge >= 0.3 is 25.7 Å². The number of carbonyl (C=O) groups is 2. The first-order chi connectivity index (χ1) is 13.5. The van der Waals surface area contributed by atoms with Crippen molar-refractivity contribution in [3.8, 4) is 0 Å². The lowest BCUT2D eigenvalue weighted by atomic mass is 10.4. The monoisotopic (exact) mass is 448 g/mol. The predicted molar refractivity (Wildman–Crippen MR) is 119 cm³/mol. The van der Waals surface area contributed by atoms with Gasteiger partial charge in [0.1, 0.15) is 0 Å². The Hall–Kier alpha value is -2.05. The van der Waals surface area contributed by atoms with Crippen LogP contribution in [0.2, 0.25) is 26.2 Å². The molecule has 0 saturated heterocycles. The first-order valence-corrected chi connectivity index (χ1v) is 16.8. The lowest BCUT2D eigenvalue weighted by molar-refractivity contribution is -0.134. The van der Waals surface area contributed by atoms with Gasteiger partial charge in [0.05, 0.1) is 0 Å². The van der Waals surface area contributed by atoms with Crippen molar-refractivity contribution >= 4 is 48.0 Å². The van der Waals surface area contributed by atoms with Crippen molar-refractivity contribution in [3.05, 3.63) is 60.7 Å². The topological polar surface area (TPSA) is 71.1 Å². The molecule has 156 valence electrons. The fourth-order valence-electron chi connectivity index (χ4n) is 3.16. The Kier molecular flexibility index (Phi) is 7.35. The molecule has 6 nitrogen and oxygen atoms in total. The predicted octanol–water partition coefficient (Wildman–Crippen LogP) is 2.81. The van der Waals surface area contributed by atoms with Gasteiger partial charge in [-0.25, -0.2) is 0 Å². The SMILES string of the molecule is CC(=O)O[Si](C)(C)O[Si](O[Si](C)(C)OC(C)=O)(c1ccccc1)c1ccccc1. The summed E-state index contributed by atoms with van der Waals surface area (Å²) in [6.45, 7) is 9.98. The second-order valence-electron chi connectivity index (χ2n) is 7.54. The Labute approximate surface area is 175 Å². The van der Waals surface area contributed by atoms with Gasteiger partial charge in [0.2, 0.25) is 0 Å². The molecule has 0 fully saturated rings. The molecule has 0 amide bonds. The van der Waals surface area contributed by atoms with E-state index < -0.39 is 37.6 Å². The summed E-state index contributed by atoms with van der Waals surface area (Å²) in [5.74, 6) is -0.802. The van der Waals surface area contributed by atoms with Crippen molar-refractivity contribution < 1.29 is 26.7 Å². The van der Waals surface area contributed by atoms with E-state index in [1.807, 2.05) is 86.9 Å². The molecule has 0 bridgehead atoms. The molecular formula is C20H28O6Si3. The number of carbonyl (C=O) groups excluding carboxylic acids is 2. The van der Waals surface area contributed by atoms with Crippen LogP contribution in [0.4, 0.5) is 0 Å². The highest BCUT2D eigenvalue weighted by molar-refractivity contribution is 7.01. The fourth-order valence-corrected chi connectivity index (χ4v) is 14.4. The van der Waals surface area contributed by atoms with Gasteiger partial charge in [0.15, 0.2) is 0 Å². The maximum Gasteiger partial charge on any atom is 0.390 e. The summed E-state index contributed by atoms with van der Waals surface area (Å²) in [7, 11) is -9.26. The maximum absolute atomic E-state index is 11.7. The Morgan fingerprint density at radius 3 is 1.21 bits per heavy atom. The summed E-state index contributed by atoms with van der Waals surface area (Å²) in [6.07, 6.45) is 0. The molecule has 0 aliphatic rings. The van der Waals surface area contributed by atoms with Crippen LogP contribution in [0.25, 0.3) is 0 Å². The van der Waals surface area contributed by atoms with Gasteiger partial charge in [-0.15, -0.1) is 0 Å². The smallest absolute Gasteiger partial charge is 0.390 e. The molecule has 0 aromatic heterocycles. The van der Waals surface area contributed by atoms with Gasteiger partial charge in [-0.2, -0.15) is 0 Å². The van der Waals surface area contributed by atoms with Crippen molar-refractivity contribution in [2.45, 2.75) is 40.0 Å². The molecule has 9 heteroatoms. The van der Waals surface area contributed by atoms with E-state index in [2.05, 4.69) is 0 Å². The van der Waals surface area contributed by atoms with E-state index in [0.717, 1.165) is 10.4 Å². The number of benzene rings is 2. The standard InChI is InChI=1S/C20H28O6Si3/c1-17(21)23-27(3,4)25-29(19-13-9-7-10-14-19,20-15-11-8-12-16-20)26-28(5,6)24-18(2)22/h7-16H,1-6H3. The average Bonchev–Trinajstić information content (AvgIpc) is 2.59. The van der Waals surface area contributed by atoms with Gasteiger partial charge in [0, 0.05) is 13.8 Å². The molecule has 0 spiro atoms. The van der Waals surface area contributed by atoms with E-state index in [0.29, 0.717) is 0 Å². The molecular weight excluding hydrogens is 420 g/mol. The zero-order valence-corrected chi connectivity index (χ0v) is 20.7. The van der Waals surface area contributed by atoms with Crippen molar-refractivity contribution in [2.75, 3.05) is 0 Å². The van der Waals surface area contributed by atoms with Gasteiger partial charge in [-0.1, -0.05) is 60.7 Å². The molecule has 0 saturated carbocycles. The minimum atomic E-state index is -3.38. The number of rotatable bonds is 8. The number of hydrogen-bond donors (Lipinski definition) is 0. The van der Waals surface area contributed by atoms with Crippen LogP contribution in [0.3, 0.4) is 0 Å². The van der Waals surface area contributed by atoms with Crippen molar-refractivity contribution in [1.29, 1.82) is 0 Å². The first kappa shape index (κ1) is 23.2. The van der Waals surface area contributed by atoms with Crippen molar-refractivity contribution in [1.82, 2.24) is 0 Å². The Bertz CT molecular complexity index is 768. The van der Waals surface area contributed by atoms with Crippen LogP contribution in [0.15, 0.2) is 60.7 Å². The van der Waals surface area contributed by atoms with E-state index in [1.165, 1.54) is 13.8 Å². The van der Waals surface area contributed by atoms with Gasteiger partial charge in [-0.3, -0.25) is 9.59 Å². The average molecular weight is 449 g/mol. The van der Waals surface area contributed by atoms with Crippen LogP contribution in [0.1, 0.15) is 13.8 Å². The van der Waals surface area contributed by atoms with Crippen LogP contribution >= 0.6 is 0 Å². The highest BCUT2D eigenvalue weighted by Gasteiger charge is 2.53. The van der Waals surface area contributed by atoms with Crippen LogP contribution in [-0.2, 0) is 26.7 Å². The summed E-state index contributed by atoms with van der Waals surface area (Å²) >= 11 is 0. The van der Waals surface area contributed by atoms with E-state index in [4.69, 9.17) is 17.1 Å². The summed E-state index contributed by atoms with van der Waals surface area (Å²) in [4.78, 5) is 23.4. The molecule has 0 N–H and O–H groups in total. The Morgan fingerprint density at radius 1 is 0.621 bits per heavy atom. The van der Waals surface area contributed by atoms with Crippen LogP contribution in [-0.4, -0.2) is 37.6 Å². The molecule has 29 heavy (non-hydrogen) atoms. The molecule has 0 aliphatic heterocycles. The second-order valence-corrected chi connectivity index (χ2v) is 17.6. The van der Waals surface area contributed by atoms with Crippen molar-refractivity contribution in [2.24, 2.45) is 0 Å². The van der Waals surface area contributed by atoms with E-state index in [1.54, 1.807) is 0 Å². The zero-order chi connectivity index (χ0) is 21.7. The number of hydrogen-bond acceptors (Lipinski definition) is 6. The van der Waals surface area contributed by atoms with E-state index in [-0.39, 0.29) is 0 Å². The lowest BCUT2D eigenvalue weighted by Crippen LogP contribution is -2.71. The molecule has 0 unspecified atom stereocenters. The Morgan fingerprint density at radius 2 is 0.931 bits per heavy atom. The molecule has 0 radical (unpaired) electrons. The van der Waals surface area contributed by atoms with Crippen LogP contribution in [0.5, 0.6) is 0 Å². The summed E-state index contributed by atoms with van der Waals surface area (Å²) in [6, 6.07) is 19.2. The van der Waals surface area contributed by atoms with Gasteiger partial charge in [-0.05, 0) is 36.6 Å². The van der Waals surface area contributed by atoms with E-state index in [9.17, 15) is 9.59 Å². The van der Waals surface area contributed by atoms with Crippen LogP contribution in [0, 0.1) is 0 Å². The third kappa shape index (κ3) is 6.47. The van der Waals surface area contributed by atoms with E-state index >= 15 is 0 Å². The lowest BCUT2D eigenvalue weighted by Gasteiger charge is -2.41. The summed E-state index contributed by atoms with van der Waals surface area (Å²) in [5.41, 5.74) is 0. The summed E-state index contributed by atoms with van der Waals surface area (Å²) in [5, 5.41) is 1.71. The van der Waals surface area contributed by atoms with Crippen LogP contribution < -0.4 is 10.4 Å². The maximum atomic E-state index is 11.7. The zero-order valence-electron chi connectivity index (χ0n) is 17.7. The third-order valence-electron chi connectivity index (χ3n) is 3.87. The third-order valence-corrected chi connectivity index (χ3v) is 13.8. The molecule has 2 aromatic carbocycles. The summed E-state index contributed by atoms with van der Waals surface area (Å²) < 4.78 is 24.5. The normalized spacial score (nSPS) is 12.3. The highest BCUT2D eigenvalue weighted by atomic mass is 28.5.